The lowest BCUT2D eigenvalue weighted by atomic mass is 10.0. The minimum atomic E-state index is -4.06. The third-order valence-electron chi connectivity index (χ3n) is 5.34. The molecule has 7 nitrogen and oxygen atoms in total. The summed E-state index contributed by atoms with van der Waals surface area (Å²) >= 11 is 0. The molecule has 184 valence electrons. The van der Waals surface area contributed by atoms with Crippen molar-refractivity contribution in [2.24, 2.45) is 5.10 Å². The van der Waals surface area contributed by atoms with Crippen LogP contribution in [0.5, 0.6) is 5.75 Å². The predicted molar refractivity (Wildman–Crippen MR) is 140 cm³/mol. The lowest BCUT2D eigenvalue weighted by molar-refractivity contribution is -0.119. The third-order valence-corrected chi connectivity index (χ3v) is 7.11. The number of carbonyl (C=O) groups is 1. The van der Waals surface area contributed by atoms with Gasteiger partial charge in [-0.1, -0.05) is 67.9 Å². The van der Waals surface area contributed by atoms with E-state index in [0.29, 0.717) is 18.3 Å². The topological polar surface area (TPSA) is 88.1 Å². The van der Waals surface area contributed by atoms with Crippen LogP contribution >= 0.6 is 0 Å². The zero-order valence-electron chi connectivity index (χ0n) is 20.4. The predicted octanol–water partition coefficient (Wildman–Crippen LogP) is 4.86. The molecule has 0 heterocycles. The largest absolute Gasteiger partial charge is 0.492 e. The fourth-order valence-electron chi connectivity index (χ4n) is 3.39. The monoisotopic (exact) mass is 493 g/mol. The molecule has 0 spiro atoms. The fraction of sp³-hybridized carbons (Fsp3) is 0.259. The molecule has 0 aliphatic heterocycles. The summed E-state index contributed by atoms with van der Waals surface area (Å²) < 4.78 is 33.8. The number of ether oxygens (including phenoxy) is 1. The van der Waals surface area contributed by atoms with Gasteiger partial charge < -0.3 is 4.74 Å². The van der Waals surface area contributed by atoms with Crippen LogP contribution in [0.3, 0.4) is 0 Å². The van der Waals surface area contributed by atoms with Crippen molar-refractivity contribution in [1.29, 1.82) is 0 Å². The second kappa shape index (κ2) is 11.7. The van der Waals surface area contributed by atoms with E-state index in [1.807, 2.05) is 38.1 Å². The van der Waals surface area contributed by atoms with Gasteiger partial charge in [0.1, 0.15) is 12.3 Å². The Hall–Kier alpha value is -3.65. The van der Waals surface area contributed by atoms with Crippen molar-refractivity contribution in [2.75, 3.05) is 17.5 Å². The van der Waals surface area contributed by atoms with E-state index in [9.17, 15) is 13.2 Å². The third kappa shape index (κ3) is 6.70. The normalized spacial score (nSPS) is 11.6. The van der Waals surface area contributed by atoms with E-state index < -0.39 is 22.5 Å². The van der Waals surface area contributed by atoms with Crippen molar-refractivity contribution in [3.8, 4) is 5.75 Å². The zero-order chi connectivity index (χ0) is 25.4. The van der Waals surface area contributed by atoms with E-state index in [-0.39, 0.29) is 10.6 Å². The molecule has 0 unspecified atom stereocenters. The maximum Gasteiger partial charge on any atom is 0.264 e. The Kier molecular flexibility index (Phi) is 8.65. The molecule has 3 aromatic rings. The maximum absolute atomic E-state index is 13.6. The molecule has 0 aromatic heterocycles. The second-order valence-electron chi connectivity index (χ2n) is 8.34. The van der Waals surface area contributed by atoms with E-state index in [2.05, 4.69) is 24.4 Å². The number of sulfonamides is 1. The van der Waals surface area contributed by atoms with Gasteiger partial charge in [0.25, 0.3) is 15.9 Å². The van der Waals surface area contributed by atoms with Crippen molar-refractivity contribution in [3.63, 3.8) is 0 Å². The highest BCUT2D eigenvalue weighted by atomic mass is 32.2. The lowest BCUT2D eigenvalue weighted by Crippen LogP contribution is -2.39. The molecular weight excluding hydrogens is 462 g/mol. The van der Waals surface area contributed by atoms with Gasteiger partial charge in [0.05, 0.1) is 23.4 Å². The van der Waals surface area contributed by atoms with Crippen LogP contribution in [0.25, 0.3) is 0 Å². The number of anilines is 1. The minimum absolute atomic E-state index is 0.0796. The van der Waals surface area contributed by atoms with Gasteiger partial charge in [-0.25, -0.2) is 13.8 Å². The van der Waals surface area contributed by atoms with Crippen molar-refractivity contribution in [2.45, 2.75) is 38.5 Å². The Morgan fingerprint density at radius 1 is 1.03 bits per heavy atom. The Morgan fingerprint density at radius 3 is 2.31 bits per heavy atom. The molecule has 0 aliphatic carbocycles. The molecule has 0 radical (unpaired) electrons. The Balaban J connectivity index is 1.85. The maximum atomic E-state index is 13.6. The summed E-state index contributed by atoms with van der Waals surface area (Å²) in [5, 5.41) is 4.01. The van der Waals surface area contributed by atoms with Crippen LogP contribution in [0.2, 0.25) is 0 Å². The summed E-state index contributed by atoms with van der Waals surface area (Å²) in [5.41, 5.74) is 5.67. The van der Waals surface area contributed by atoms with E-state index in [4.69, 9.17) is 4.74 Å². The van der Waals surface area contributed by atoms with Crippen LogP contribution in [0.1, 0.15) is 43.4 Å². The molecule has 1 N–H and O–H groups in total. The van der Waals surface area contributed by atoms with Crippen LogP contribution in [0.4, 0.5) is 5.69 Å². The van der Waals surface area contributed by atoms with Gasteiger partial charge in [0.15, 0.2) is 0 Å². The first-order chi connectivity index (χ1) is 16.7. The molecular formula is C27H31N3O4S. The smallest absolute Gasteiger partial charge is 0.264 e. The number of rotatable bonds is 10. The number of hydrogen-bond acceptors (Lipinski definition) is 5. The molecule has 35 heavy (non-hydrogen) atoms. The SMILES string of the molecule is CCOc1ccccc1N(CC(=O)N/N=C\c1ccc(C(C)C)cc1)S(=O)(=O)c1ccc(C)cc1. The number of nitrogens with one attached hydrogen (secondary N) is 1. The van der Waals surface area contributed by atoms with Crippen LogP contribution in [-0.4, -0.2) is 33.7 Å². The summed E-state index contributed by atoms with van der Waals surface area (Å²) in [6.45, 7) is 7.80. The van der Waals surface area contributed by atoms with Gasteiger partial charge in [0, 0.05) is 0 Å². The highest BCUT2D eigenvalue weighted by Crippen LogP contribution is 2.32. The number of hydrogen-bond donors (Lipinski definition) is 1. The average molecular weight is 494 g/mol. The Labute approximate surface area is 207 Å². The first kappa shape index (κ1) is 26.0. The van der Waals surface area contributed by atoms with Crippen LogP contribution in [0.15, 0.2) is 82.8 Å². The van der Waals surface area contributed by atoms with Crippen LogP contribution in [0, 0.1) is 6.92 Å². The van der Waals surface area contributed by atoms with Crippen molar-refractivity contribution < 1.29 is 17.9 Å². The number of carbonyl (C=O) groups excluding carboxylic acids is 1. The second-order valence-corrected chi connectivity index (χ2v) is 10.2. The number of hydrazone groups is 1. The number of aryl methyl sites for hydroxylation is 1. The number of amides is 1. The Bertz CT molecular complexity index is 1270. The van der Waals surface area contributed by atoms with Crippen molar-refractivity contribution in [3.05, 3.63) is 89.5 Å². The molecule has 0 saturated carbocycles. The zero-order valence-corrected chi connectivity index (χ0v) is 21.2. The summed E-state index contributed by atoms with van der Waals surface area (Å²) in [6.07, 6.45) is 1.52. The van der Waals surface area contributed by atoms with E-state index in [1.165, 1.54) is 23.9 Å². The minimum Gasteiger partial charge on any atom is -0.492 e. The van der Waals surface area contributed by atoms with E-state index >= 15 is 0 Å². The molecule has 8 heteroatoms. The molecule has 1 amide bonds. The summed E-state index contributed by atoms with van der Waals surface area (Å²) in [7, 11) is -4.06. The van der Waals surface area contributed by atoms with Crippen LogP contribution in [-0.2, 0) is 14.8 Å². The number of para-hydroxylation sites is 2. The Morgan fingerprint density at radius 2 is 1.69 bits per heavy atom. The summed E-state index contributed by atoms with van der Waals surface area (Å²) in [4.78, 5) is 12.9. The van der Waals surface area contributed by atoms with Crippen molar-refractivity contribution >= 4 is 27.8 Å². The van der Waals surface area contributed by atoms with E-state index in [0.717, 1.165) is 15.4 Å². The highest BCUT2D eigenvalue weighted by molar-refractivity contribution is 7.92. The van der Waals surface area contributed by atoms with Gasteiger partial charge in [-0.2, -0.15) is 5.10 Å². The average Bonchev–Trinajstić information content (AvgIpc) is 2.84. The molecule has 0 fully saturated rings. The van der Waals surface area contributed by atoms with Crippen molar-refractivity contribution in [1.82, 2.24) is 5.43 Å². The number of nitrogens with zero attached hydrogens (tertiary/aromatic N) is 2. The van der Waals surface area contributed by atoms with Crippen LogP contribution < -0.4 is 14.5 Å². The molecule has 3 rings (SSSR count). The van der Waals surface area contributed by atoms with Gasteiger partial charge in [0.2, 0.25) is 0 Å². The van der Waals surface area contributed by atoms with Gasteiger partial charge >= 0.3 is 0 Å². The van der Waals surface area contributed by atoms with Gasteiger partial charge in [-0.05, 0) is 55.2 Å². The highest BCUT2D eigenvalue weighted by Gasteiger charge is 2.29. The van der Waals surface area contributed by atoms with Gasteiger partial charge in [-0.3, -0.25) is 9.10 Å². The molecule has 3 aromatic carbocycles. The number of benzene rings is 3. The standard InChI is InChI=1S/C27H31N3O4S/c1-5-34-26-9-7-6-8-25(26)30(35(32,33)24-16-10-21(4)11-17-24)19-27(31)29-28-18-22-12-14-23(15-13-22)20(2)3/h6-18,20H,5,19H2,1-4H3,(H,29,31)/b28-18-. The summed E-state index contributed by atoms with van der Waals surface area (Å²) in [5.74, 6) is 0.205. The first-order valence-electron chi connectivity index (χ1n) is 11.5. The molecule has 0 aliphatic rings. The lowest BCUT2D eigenvalue weighted by Gasteiger charge is -2.25. The van der Waals surface area contributed by atoms with E-state index in [1.54, 1.807) is 36.4 Å². The fourth-order valence-corrected chi connectivity index (χ4v) is 4.82. The molecule has 0 saturated heterocycles. The van der Waals surface area contributed by atoms with Gasteiger partial charge in [-0.15, -0.1) is 0 Å². The quantitative estimate of drug-likeness (QED) is 0.323. The molecule has 0 atom stereocenters. The molecule has 0 bridgehead atoms. The first-order valence-corrected chi connectivity index (χ1v) is 12.9. The summed E-state index contributed by atoms with van der Waals surface area (Å²) in [6, 6.07) is 21.1.